The maximum absolute atomic E-state index is 12.1. The summed E-state index contributed by atoms with van der Waals surface area (Å²) in [5.74, 6) is 0.661. The molecular formula is C13H25NO. The van der Waals surface area contributed by atoms with Crippen molar-refractivity contribution in [2.24, 2.45) is 5.92 Å². The molecule has 2 nitrogen and oxygen atoms in total. The van der Waals surface area contributed by atoms with Crippen molar-refractivity contribution in [3.05, 3.63) is 0 Å². The molecule has 0 saturated carbocycles. The molecule has 0 aromatic carbocycles. The van der Waals surface area contributed by atoms with Crippen LogP contribution >= 0.6 is 0 Å². The zero-order valence-corrected chi connectivity index (χ0v) is 10.8. The first-order valence-corrected chi connectivity index (χ1v) is 6.35. The molecule has 0 N–H and O–H groups in total. The Kier molecular flexibility index (Phi) is 3.93. The van der Waals surface area contributed by atoms with E-state index in [1.165, 1.54) is 12.8 Å². The van der Waals surface area contributed by atoms with Crippen LogP contribution in [-0.4, -0.2) is 29.3 Å². The second-order valence-corrected chi connectivity index (χ2v) is 4.89. The highest BCUT2D eigenvalue weighted by Crippen LogP contribution is 2.46. The van der Waals surface area contributed by atoms with E-state index >= 15 is 0 Å². The Hall–Kier alpha value is -0.370. The van der Waals surface area contributed by atoms with Crippen molar-refractivity contribution in [3.8, 4) is 0 Å². The standard InChI is InChI=1S/C11H19NO.C2H6/c1-8(2)10(13)11-6-4-9(5-7-11)12(11)3;1-2/h8-9H,4-7H2,1-3H3;1-2H3. The van der Waals surface area contributed by atoms with E-state index in [4.69, 9.17) is 0 Å². The minimum absolute atomic E-state index is 0.0567. The fourth-order valence-corrected chi connectivity index (χ4v) is 3.13. The van der Waals surface area contributed by atoms with Crippen molar-refractivity contribution >= 4 is 5.78 Å². The van der Waals surface area contributed by atoms with Crippen LogP contribution < -0.4 is 0 Å². The van der Waals surface area contributed by atoms with E-state index in [0.29, 0.717) is 11.8 Å². The van der Waals surface area contributed by atoms with Crippen molar-refractivity contribution in [1.82, 2.24) is 4.90 Å². The number of ketones is 1. The summed E-state index contributed by atoms with van der Waals surface area (Å²) in [6.07, 6.45) is 4.67. The van der Waals surface area contributed by atoms with Crippen molar-refractivity contribution in [2.45, 2.75) is 65.0 Å². The highest BCUT2D eigenvalue weighted by Gasteiger charge is 2.54. The van der Waals surface area contributed by atoms with Crippen molar-refractivity contribution < 1.29 is 4.79 Å². The predicted octanol–water partition coefficient (Wildman–Crippen LogP) is 2.86. The second kappa shape index (κ2) is 4.65. The van der Waals surface area contributed by atoms with E-state index in [1.54, 1.807) is 0 Å². The van der Waals surface area contributed by atoms with Gasteiger partial charge in [0.05, 0.1) is 5.54 Å². The Morgan fingerprint density at radius 1 is 1.27 bits per heavy atom. The molecule has 2 saturated heterocycles. The molecule has 2 fully saturated rings. The minimum Gasteiger partial charge on any atom is -0.297 e. The molecule has 0 aliphatic carbocycles. The lowest BCUT2D eigenvalue weighted by Gasteiger charge is -2.32. The Bertz CT molecular complexity index is 227. The summed E-state index contributed by atoms with van der Waals surface area (Å²) in [6, 6.07) is 0.697. The summed E-state index contributed by atoms with van der Waals surface area (Å²) in [7, 11) is 2.13. The number of carbonyl (C=O) groups is 1. The van der Waals surface area contributed by atoms with Crippen LogP contribution in [0.2, 0.25) is 0 Å². The van der Waals surface area contributed by atoms with Gasteiger partial charge < -0.3 is 0 Å². The average Bonchev–Trinajstić information content (AvgIpc) is 2.75. The highest BCUT2D eigenvalue weighted by atomic mass is 16.1. The van der Waals surface area contributed by atoms with E-state index in [1.807, 2.05) is 27.7 Å². The van der Waals surface area contributed by atoms with Gasteiger partial charge in [-0.1, -0.05) is 27.7 Å². The lowest BCUT2D eigenvalue weighted by molar-refractivity contribution is -0.131. The molecule has 0 aromatic heterocycles. The van der Waals surface area contributed by atoms with Crippen LogP contribution in [0.25, 0.3) is 0 Å². The van der Waals surface area contributed by atoms with Crippen LogP contribution in [0, 0.1) is 5.92 Å². The monoisotopic (exact) mass is 211 g/mol. The molecule has 2 heteroatoms. The molecule has 2 heterocycles. The normalized spacial score (nSPS) is 34.1. The summed E-state index contributed by atoms with van der Waals surface area (Å²) in [5.41, 5.74) is -0.0567. The summed E-state index contributed by atoms with van der Waals surface area (Å²) in [6.45, 7) is 8.05. The molecule has 2 rings (SSSR count). The Labute approximate surface area is 94.0 Å². The lowest BCUT2D eigenvalue weighted by Crippen LogP contribution is -2.47. The van der Waals surface area contributed by atoms with Gasteiger partial charge in [0.2, 0.25) is 0 Å². The van der Waals surface area contributed by atoms with Gasteiger partial charge in [-0.3, -0.25) is 9.69 Å². The van der Waals surface area contributed by atoms with Gasteiger partial charge in [-0.25, -0.2) is 0 Å². The van der Waals surface area contributed by atoms with Crippen LogP contribution in [-0.2, 0) is 4.79 Å². The SMILES string of the molecule is CC.CC(C)C(=O)C12CCC(CC1)N2C. The third-order valence-electron chi connectivity index (χ3n) is 3.99. The molecule has 0 unspecified atom stereocenters. The van der Waals surface area contributed by atoms with E-state index in [-0.39, 0.29) is 11.5 Å². The number of rotatable bonds is 2. The Morgan fingerprint density at radius 2 is 1.73 bits per heavy atom. The number of carbonyl (C=O) groups excluding carboxylic acids is 1. The molecule has 0 atom stereocenters. The topological polar surface area (TPSA) is 20.3 Å². The van der Waals surface area contributed by atoms with E-state index < -0.39 is 0 Å². The van der Waals surface area contributed by atoms with Crippen LogP contribution in [0.4, 0.5) is 0 Å². The van der Waals surface area contributed by atoms with Gasteiger partial charge in [-0.2, -0.15) is 0 Å². The number of Topliss-reactive ketones (excluding diaryl/α,β-unsaturated/α-hetero) is 1. The van der Waals surface area contributed by atoms with Gasteiger partial charge in [0.1, 0.15) is 0 Å². The number of likely N-dealkylation sites (N-methyl/N-ethyl adjacent to an activating group) is 1. The molecule has 0 radical (unpaired) electrons. The fourth-order valence-electron chi connectivity index (χ4n) is 3.13. The first-order valence-electron chi connectivity index (χ1n) is 6.35. The van der Waals surface area contributed by atoms with Crippen molar-refractivity contribution in [2.75, 3.05) is 7.05 Å². The maximum Gasteiger partial charge on any atom is 0.155 e. The third kappa shape index (κ3) is 1.84. The van der Waals surface area contributed by atoms with Crippen LogP contribution in [0.3, 0.4) is 0 Å². The molecule has 0 aromatic rings. The minimum atomic E-state index is -0.0567. The van der Waals surface area contributed by atoms with Crippen LogP contribution in [0.1, 0.15) is 53.4 Å². The number of nitrogens with zero attached hydrogens (tertiary/aromatic N) is 1. The van der Waals surface area contributed by atoms with Gasteiger partial charge in [0.25, 0.3) is 0 Å². The number of hydrogen-bond acceptors (Lipinski definition) is 2. The van der Waals surface area contributed by atoms with Gasteiger partial charge in [0, 0.05) is 12.0 Å². The predicted molar refractivity (Wildman–Crippen MR) is 63.9 cm³/mol. The maximum atomic E-state index is 12.1. The van der Waals surface area contributed by atoms with Gasteiger partial charge in [0.15, 0.2) is 5.78 Å². The van der Waals surface area contributed by atoms with Gasteiger partial charge in [-0.05, 0) is 32.7 Å². The number of hydrogen-bond donors (Lipinski definition) is 0. The van der Waals surface area contributed by atoms with Crippen LogP contribution in [0.5, 0.6) is 0 Å². The number of fused-ring (bicyclic) bond motifs is 2. The summed E-state index contributed by atoms with van der Waals surface area (Å²) in [4.78, 5) is 14.4. The lowest BCUT2D eigenvalue weighted by atomic mass is 9.80. The fraction of sp³-hybridized carbons (Fsp3) is 0.923. The first kappa shape index (κ1) is 12.7. The smallest absolute Gasteiger partial charge is 0.155 e. The zero-order valence-electron chi connectivity index (χ0n) is 10.8. The zero-order chi connectivity index (χ0) is 11.6. The Morgan fingerprint density at radius 3 is 2.00 bits per heavy atom. The van der Waals surface area contributed by atoms with E-state index in [2.05, 4.69) is 11.9 Å². The molecular weight excluding hydrogens is 186 g/mol. The van der Waals surface area contributed by atoms with E-state index in [9.17, 15) is 4.79 Å². The Balaban J connectivity index is 0.000000531. The molecule has 15 heavy (non-hydrogen) atoms. The van der Waals surface area contributed by atoms with Crippen molar-refractivity contribution in [1.29, 1.82) is 0 Å². The summed E-state index contributed by atoms with van der Waals surface area (Å²) in [5, 5.41) is 0. The molecule has 88 valence electrons. The van der Waals surface area contributed by atoms with E-state index in [0.717, 1.165) is 12.8 Å². The molecule has 2 aliphatic heterocycles. The largest absolute Gasteiger partial charge is 0.297 e. The molecule has 2 bridgehead atoms. The quantitative estimate of drug-likeness (QED) is 0.700. The highest BCUT2D eigenvalue weighted by molar-refractivity contribution is 5.90. The summed E-state index contributed by atoms with van der Waals surface area (Å²) < 4.78 is 0. The molecule has 0 spiro atoms. The summed E-state index contributed by atoms with van der Waals surface area (Å²) >= 11 is 0. The van der Waals surface area contributed by atoms with Crippen LogP contribution in [0.15, 0.2) is 0 Å². The molecule has 2 aliphatic rings. The van der Waals surface area contributed by atoms with Crippen molar-refractivity contribution in [3.63, 3.8) is 0 Å². The first-order chi connectivity index (χ1) is 7.08. The average molecular weight is 211 g/mol. The third-order valence-corrected chi connectivity index (χ3v) is 3.99. The van der Waals surface area contributed by atoms with Gasteiger partial charge in [-0.15, -0.1) is 0 Å². The molecule has 0 amide bonds. The van der Waals surface area contributed by atoms with Gasteiger partial charge >= 0.3 is 0 Å². The second-order valence-electron chi connectivity index (χ2n) is 4.89.